The minimum Gasteiger partial charge on any atom is -0.481 e. The minimum atomic E-state index is -1.65. The van der Waals surface area contributed by atoms with Crippen LogP contribution < -0.4 is 27.4 Å². The molecule has 1 aromatic rings. The number of nitrogens with one attached hydrogen (secondary N) is 4. The molecule has 0 aliphatic carbocycles. The number of aromatic amines is 1. The summed E-state index contributed by atoms with van der Waals surface area (Å²) in [6.45, 7) is 0. The molecule has 0 fully saturated rings. The van der Waals surface area contributed by atoms with Crippen LogP contribution in [0, 0.1) is 0 Å². The highest BCUT2D eigenvalue weighted by atomic mass is 32.1. The van der Waals surface area contributed by atoms with Crippen molar-refractivity contribution in [1.29, 1.82) is 0 Å². The maximum Gasteiger partial charge on any atom is 0.326 e. The zero-order valence-electron chi connectivity index (χ0n) is 17.2. The fourth-order valence-electron chi connectivity index (χ4n) is 2.52. The van der Waals surface area contributed by atoms with E-state index in [1.54, 1.807) is 0 Å². The van der Waals surface area contributed by atoms with Gasteiger partial charge < -0.3 is 42.6 Å². The Balaban J connectivity index is 2.99. The van der Waals surface area contributed by atoms with Crippen molar-refractivity contribution in [2.75, 3.05) is 5.75 Å². The molecule has 0 aliphatic rings. The lowest BCUT2D eigenvalue weighted by atomic mass is 10.1. The third-order valence-electron chi connectivity index (χ3n) is 4.18. The first kappa shape index (κ1) is 27.4. The Morgan fingerprint density at radius 3 is 1.97 bits per heavy atom. The Bertz CT molecular complexity index is 879. The molecule has 10 N–H and O–H groups in total. The average Bonchev–Trinajstić information content (AvgIpc) is 3.23. The second-order valence-corrected chi connectivity index (χ2v) is 7.23. The van der Waals surface area contributed by atoms with Crippen molar-refractivity contribution in [3.8, 4) is 0 Å². The van der Waals surface area contributed by atoms with E-state index >= 15 is 0 Å². The molecule has 0 aliphatic heterocycles. The van der Waals surface area contributed by atoms with E-state index < -0.39 is 72.6 Å². The van der Waals surface area contributed by atoms with Crippen LogP contribution in [0.1, 0.15) is 18.5 Å². The van der Waals surface area contributed by atoms with Gasteiger partial charge in [0.25, 0.3) is 0 Å². The van der Waals surface area contributed by atoms with Crippen molar-refractivity contribution in [2.45, 2.75) is 43.4 Å². The number of thiol groups is 1. The number of carbonyl (C=O) groups is 6. The molecule has 1 aromatic heterocycles. The van der Waals surface area contributed by atoms with Gasteiger partial charge in [-0.2, -0.15) is 12.6 Å². The van der Waals surface area contributed by atoms with Crippen LogP contribution >= 0.6 is 12.6 Å². The fraction of sp³-hybridized carbons (Fsp3) is 0.471. The second kappa shape index (κ2) is 13.0. The monoisotopic (exact) mass is 487 g/mol. The molecule has 182 valence electrons. The summed E-state index contributed by atoms with van der Waals surface area (Å²) in [6.07, 6.45) is 0.886. The maximum absolute atomic E-state index is 12.6. The average molecular weight is 487 g/mol. The molecule has 1 heterocycles. The van der Waals surface area contributed by atoms with Gasteiger partial charge in [0.15, 0.2) is 0 Å². The number of aromatic nitrogens is 2. The number of primary amides is 1. The van der Waals surface area contributed by atoms with Crippen LogP contribution in [-0.2, 0) is 35.2 Å². The van der Waals surface area contributed by atoms with E-state index in [9.17, 15) is 33.9 Å². The molecule has 4 amide bonds. The quantitative estimate of drug-likeness (QED) is 0.115. The van der Waals surface area contributed by atoms with Gasteiger partial charge in [0.1, 0.15) is 18.1 Å². The van der Waals surface area contributed by atoms with E-state index in [0.717, 1.165) is 0 Å². The molecule has 0 saturated heterocycles. The lowest BCUT2D eigenvalue weighted by molar-refractivity contribution is -0.143. The summed E-state index contributed by atoms with van der Waals surface area (Å²) >= 11 is 3.84. The van der Waals surface area contributed by atoms with Crippen LogP contribution in [0.2, 0.25) is 0 Å². The summed E-state index contributed by atoms with van der Waals surface area (Å²) in [7, 11) is 0. The number of nitrogens with two attached hydrogens (primary N) is 2. The Hall–Kier alpha value is -3.66. The minimum absolute atomic E-state index is 0.0904. The van der Waals surface area contributed by atoms with Gasteiger partial charge in [-0.1, -0.05) is 0 Å². The molecule has 1 rings (SSSR count). The van der Waals surface area contributed by atoms with Crippen LogP contribution in [0.15, 0.2) is 12.5 Å². The molecule has 4 unspecified atom stereocenters. The predicted octanol–water partition coefficient (Wildman–Crippen LogP) is -3.90. The smallest absolute Gasteiger partial charge is 0.326 e. The van der Waals surface area contributed by atoms with Crippen molar-refractivity contribution in [2.24, 2.45) is 11.5 Å². The van der Waals surface area contributed by atoms with Crippen molar-refractivity contribution in [3.63, 3.8) is 0 Å². The summed E-state index contributed by atoms with van der Waals surface area (Å²) in [4.78, 5) is 77.6. The number of hydrogen-bond acceptors (Lipinski definition) is 9. The first-order chi connectivity index (χ1) is 15.4. The zero-order chi connectivity index (χ0) is 25.1. The van der Waals surface area contributed by atoms with Crippen molar-refractivity contribution < 1.29 is 39.0 Å². The van der Waals surface area contributed by atoms with Gasteiger partial charge in [0.2, 0.25) is 23.6 Å². The predicted molar refractivity (Wildman–Crippen MR) is 114 cm³/mol. The zero-order valence-corrected chi connectivity index (χ0v) is 18.1. The molecule has 0 bridgehead atoms. The summed E-state index contributed by atoms with van der Waals surface area (Å²) in [5.74, 6) is -7.01. The topological polar surface area (TPSA) is 260 Å². The normalized spacial score (nSPS) is 14.2. The maximum atomic E-state index is 12.6. The number of carboxylic acid groups (broad SMARTS) is 2. The van der Waals surface area contributed by atoms with Crippen LogP contribution in [0.3, 0.4) is 0 Å². The second-order valence-electron chi connectivity index (χ2n) is 6.86. The highest BCUT2D eigenvalue weighted by Gasteiger charge is 2.32. The largest absolute Gasteiger partial charge is 0.481 e. The van der Waals surface area contributed by atoms with Crippen LogP contribution in [0.25, 0.3) is 0 Å². The van der Waals surface area contributed by atoms with Crippen molar-refractivity contribution >= 4 is 48.2 Å². The fourth-order valence-corrected chi connectivity index (χ4v) is 2.68. The summed E-state index contributed by atoms with van der Waals surface area (Å²) in [5, 5.41) is 24.8. The summed E-state index contributed by atoms with van der Waals surface area (Å²) in [6, 6.07) is -5.89. The van der Waals surface area contributed by atoms with Crippen molar-refractivity contribution in [3.05, 3.63) is 18.2 Å². The third-order valence-corrected chi connectivity index (χ3v) is 4.57. The number of nitrogens with zero attached hydrogens (tertiary/aromatic N) is 1. The number of amides is 4. The Morgan fingerprint density at radius 1 is 0.970 bits per heavy atom. The SMILES string of the molecule is NC(=O)CC(NC(=O)C(CC(=O)O)NC(=O)C(N)CS)C(=O)NC(Cc1cnc[nH]1)C(=O)O. The number of H-pyrrole nitrogens is 1. The van der Waals surface area contributed by atoms with Gasteiger partial charge >= 0.3 is 11.9 Å². The van der Waals surface area contributed by atoms with E-state index in [2.05, 4.69) is 38.5 Å². The number of carboxylic acids is 2. The third kappa shape index (κ3) is 9.56. The molecule has 0 radical (unpaired) electrons. The van der Waals surface area contributed by atoms with E-state index in [0.29, 0.717) is 5.69 Å². The molecular weight excluding hydrogens is 462 g/mol. The molecule has 16 heteroatoms. The molecular formula is C17H25N7O8S. The molecule has 0 spiro atoms. The first-order valence-electron chi connectivity index (χ1n) is 9.42. The van der Waals surface area contributed by atoms with Crippen LogP contribution in [-0.4, -0.2) is 85.7 Å². The molecule has 0 aromatic carbocycles. The molecule has 33 heavy (non-hydrogen) atoms. The number of imidazole rings is 1. The number of carbonyl (C=O) groups excluding carboxylic acids is 4. The number of rotatable bonds is 14. The highest BCUT2D eigenvalue weighted by molar-refractivity contribution is 7.80. The van der Waals surface area contributed by atoms with E-state index in [1.165, 1.54) is 12.5 Å². The lowest BCUT2D eigenvalue weighted by Gasteiger charge is -2.24. The van der Waals surface area contributed by atoms with Gasteiger partial charge in [0, 0.05) is 24.1 Å². The highest BCUT2D eigenvalue weighted by Crippen LogP contribution is 2.03. The molecule has 15 nitrogen and oxygen atoms in total. The molecule has 0 saturated carbocycles. The van der Waals surface area contributed by atoms with E-state index in [4.69, 9.17) is 16.6 Å². The van der Waals surface area contributed by atoms with Crippen molar-refractivity contribution in [1.82, 2.24) is 25.9 Å². The van der Waals surface area contributed by atoms with Gasteiger partial charge in [-0.3, -0.25) is 24.0 Å². The lowest BCUT2D eigenvalue weighted by Crippen LogP contribution is -2.58. The Kier molecular flexibility index (Phi) is 10.8. The summed E-state index contributed by atoms with van der Waals surface area (Å²) in [5.41, 5.74) is 11.0. The molecule has 4 atom stereocenters. The van der Waals surface area contributed by atoms with E-state index in [-0.39, 0.29) is 12.2 Å². The first-order valence-corrected chi connectivity index (χ1v) is 10.1. The number of hydrogen-bond donors (Lipinski definition) is 9. The summed E-state index contributed by atoms with van der Waals surface area (Å²) < 4.78 is 0. The van der Waals surface area contributed by atoms with Gasteiger partial charge in [-0.15, -0.1) is 0 Å². The van der Waals surface area contributed by atoms with E-state index in [1.807, 2.05) is 0 Å². The van der Waals surface area contributed by atoms with Crippen LogP contribution in [0.4, 0.5) is 0 Å². The van der Waals surface area contributed by atoms with Crippen LogP contribution in [0.5, 0.6) is 0 Å². The number of aliphatic carboxylic acids is 2. The standard InChI is InChI=1S/C17H25N7O8S/c18-8(5-33)14(28)22-10(3-13(26)27)16(30)23-9(2-12(19)25)15(29)24-11(17(31)32)1-7-4-20-6-21-7/h4,6,8-11,33H,1-3,5,18H2,(H2,19,25)(H,20,21)(H,22,28)(H,23,30)(H,24,29)(H,26,27)(H,31,32). The van der Waals surface area contributed by atoms with Gasteiger partial charge in [0.05, 0.1) is 25.2 Å². The Morgan fingerprint density at radius 2 is 1.52 bits per heavy atom. The van der Waals surface area contributed by atoms with Gasteiger partial charge in [-0.25, -0.2) is 9.78 Å². The Labute approximate surface area is 192 Å². The van der Waals surface area contributed by atoms with Gasteiger partial charge in [-0.05, 0) is 0 Å².